The number of unbranched alkanes of at least 4 members (excludes halogenated alkanes) is 1. The van der Waals surface area contributed by atoms with Crippen LogP contribution < -0.4 is 4.90 Å². The Labute approximate surface area is 212 Å². The van der Waals surface area contributed by atoms with Crippen molar-refractivity contribution in [1.29, 1.82) is 0 Å². The second-order valence-electron chi connectivity index (χ2n) is 8.08. The van der Waals surface area contributed by atoms with Crippen LogP contribution in [-0.2, 0) is 0 Å². The molecule has 1 saturated heterocycles. The van der Waals surface area contributed by atoms with Gasteiger partial charge in [0.25, 0.3) is 11.8 Å². The van der Waals surface area contributed by atoms with Crippen molar-refractivity contribution in [2.75, 3.05) is 44.2 Å². The summed E-state index contributed by atoms with van der Waals surface area (Å²) in [7, 11) is 0. The number of hydrogen-bond donors (Lipinski definition) is 0. The number of fused-ring (bicyclic) bond motifs is 2. The lowest BCUT2D eigenvalue weighted by Crippen LogP contribution is -2.46. The highest BCUT2D eigenvalue weighted by Gasteiger charge is 2.38. The van der Waals surface area contributed by atoms with E-state index in [-0.39, 0.29) is 45.4 Å². The zero-order valence-electron chi connectivity index (χ0n) is 17.8. The first-order valence-corrected chi connectivity index (χ1v) is 12.2. The van der Waals surface area contributed by atoms with Gasteiger partial charge in [0.2, 0.25) is 0 Å². The van der Waals surface area contributed by atoms with Crippen LogP contribution >= 0.6 is 47.1 Å². The molecule has 0 aliphatic carbocycles. The molecule has 1 fully saturated rings. The Bertz CT molecular complexity index is 1150. The van der Waals surface area contributed by atoms with Crippen LogP contribution in [0.5, 0.6) is 0 Å². The van der Waals surface area contributed by atoms with Crippen molar-refractivity contribution in [3.8, 4) is 0 Å². The molecule has 0 unspecified atom stereocenters. The first-order valence-electron chi connectivity index (χ1n) is 10.7. The molecule has 174 valence electrons. The van der Waals surface area contributed by atoms with Crippen LogP contribution in [-0.4, -0.2) is 65.3 Å². The Balaban J connectivity index is 0.00000259. The van der Waals surface area contributed by atoms with Crippen LogP contribution in [0.4, 0.5) is 5.82 Å². The lowest BCUT2D eigenvalue weighted by molar-refractivity contribution is 0.0650. The predicted molar refractivity (Wildman–Crippen MR) is 137 cm³/mol. The number of aromatic nitrogens is 1. The van der Waals surface area contributed by atoms with E-state index < -0.39 is 0 Å². The van der Waals surface area contributed by atoms with Gasteiger partial charge in [-0.1, -0.05) is 35.3 Å². The van der Waals surface area contributed by atoms with E-state index in [1.165, 1.54) is 15.0 Å². The highest BCUT2D eigenvalue weighted by atomic mass is 35.5. The summed E-state index contributed by atoms with van der Waals surface area (Å²) in [6, 6.07) is 11.5. The van der Waals surface area contributed by atoms with Gasteiger partial charge in [-0.2, -0.15) is 4.37 Å². The van der Waals surface area contributed by atoms with E-state index in [1.54, 1.807) is 23.7 Å². The summed E-state index contributed by atoms with van der Waals surface area (Å²) < 4.78 is 5.89. The van der Waals surface area contributed by atoms with E-state index in [0.717, 1.165) is 51.4 Å². The number of hydrogen-bond acceptors (Lipinski definition) is 6. The molecule has 2 aromatic carbocycles. The van der Waals surface area contributed by atoms with E-state index in [4.69, 9.17) is 23.2 Å². The van der Waals surface area contributed by atoms with Gasteiger partial charge >= 0.3 is 0 Å². The number of rotatable bonds is 6. The highest BCUT2D eigenvalue weighted by molar-refractivity contribution is 7.13. The molecule has 3 aromatic rings. The summed E-state index contributed by atoms with van der Waals surface area (Å²) in [5.74, 6) is 0.399. The van der Waals surface area contributed by atoms with Crippen molar-refractivity contribution in [3.63, 3.8) is 0 Å². The maximum absolute atomic E-state index is 12.7. The number of amides is 2. The van der Waals surface area contributed by atoms with Crippen molar-refractivity contribution >= 4 is 74.9 Å². The molecule has 2 aliphatic rings. The lowest BCUT2D eigenvalue weighted by Gasteiger charge is -2.35. The molecular formula is C23H23Cl3N4O2S. The molecule has 3 heterocycles. The van der Waals surface area contributed by atoms with Crippen molar-refractivity contribution < 1.29 is 9.59 Å². The Morgan fingerprint density at radius 3 is 2.12 bits per heavy atom. The Kier molecular flexibility index (Phi) is 7.46. The van der Waals surface area contributed by atoms with Crippen molar-refractivity contribution in [2.24, 2.45) is 0 Å². The first kappa shape index (κ1) is 24.2. The quantitative estimate of drug-likeness (QED) is 0.326. The Morgan fingerprint density at radius 2 is 1.45 bits per heavy atom. The number of nitrogens with zero attached hydrogens (tertiary/aromatic N) is 4. The molecule has 2 aliphatic heterocycles. The van der Waals surface area contributed by atoms with E-state index in [9.17, 15) is 9.59 Å². The summed E-state index contributed by atoms with van der Waals surface area (Å²) in [6.07, 6.45) is 1.66. The topological polar surface area (TPSA) is 56.8 Å². The monoisotopic (exact) mass is 524 g/mol. The first-order chi connectivity index (χ1) is 15.5. The number of carbonyl (C=O) groups is 2. The minimum Gasteiger partial charge on any atom is -0.353 e. The minimum absolute atomic E-state index is 0. The fraction of sp³-hybridized carbons (Fsp3) is 0.348. The molecule has 0 atom stereocenters. The molecule has 10 heteroatoms. The molecule has 0 radical (unpaired) electrons. The van der Waals surface area contributed by atoms with Gasteiger partial charge in [0.05, 0.1) is 25.9 Å². The molecule has 0 saturated carbocycles. The number of anilines is 1. The third-order valence-electron chi connectivity index (χ3n) is 6.16. The van der Waals surface area contributed by atoms with Gasteiger partial charge in [0.1, 0.15) is 5.82 Å². The molecular weight excluding hydrogens is 503 g/mol. The molecule has 2 amide bonds. The minimum atomic E-state index is -0.346. The molecule has 1 aromatic heterocycles. The van der Waals surface area contributed by atoms with Gasteiger partial charge in [0.15, 0.2) is 0 Å². The van der Waals surface area contributed by atoms with Crippen LogP contribution in [0.3, 0.4) is 0 Å². The van der Waals surface area contributed by atoms with Crippen LogP contribution in [0.2, 0.25) is 10.0 Å². The fourth-order valence-electron chi connectivity index (χ4n) is 4.42. The van der Waals surface area contributed by atoms with Gasteiger partial charge in [-0.25, -0.2) is 0 Å². The van der Waals surface area contributed by atoms with E-state index in [0.29, 0.717) is 6.54 Å². The van der Waals surface area contributed by atoms with Crippen LogP contribution in [0, 0.1) is 0 Å². The molecule has 6 nitrogen and oxygen atoms in total. The Hall–Kier alpha value is -1.90. The van der Waals surface area contributed by atoms with Gasteiger partial charge in [-0.05, 0) is 55.2 Å². The van der Waals surface area contributed by atoms with Gasteiger partial charge in [-0.15, -0.1) is 12.4 Å². The molecule has 5 rings (SSSR count). The number of carbonyl (C=O) groups excluding carboxylic acids is 2. The summed E-state index contributed by atoms with van der Waals surface area (Å²) in [4.78, 5) is 31.4. The van der Waals surface area contributed by atoms with Crippen molar-refractivity contribution in [3.05, 3.63) is 57.6 Å². The summed E-state index contributed by atoms with van der Waals surface area (Å²) in [5, 5.41) is 1.78. The lowest BCUT2D eigenvalue weighted by atomic mass is 10.1. The second kappa shape index (κ2) is 10.2. The smallest absolute Gasteiger partial charge is 0.263 e. The molecule has 0 bridgehead atoms. The van der Waals surface area contributed by atoms with E-state index in [1.807, 2.05) is 6.07 Å². The summed E-state index contributed by atoms with van der Waals surface area (Å²) in [6.45, 7) is 5.17. The maximum Gasteiger partial charge on any atom is 0.263 e. The Morgan fingerprint density at radius 1 is 0.848 bits per heavy atom. The zero-order valence-corrected chi connectivity index (χ0v) is 20.9. The third-order valence-corrected chi connectivity index (χ3v) is 7.60. The molecule has 0 N–H and O–H groups in total. The van der Waals surface area contributed by atoms with Gasteiger partial charge < -0.3 is 4.90 Å². The van der Waals surface area contributed by atoms with Crippen molar-refractivity contribution in [2.45, 2.75) is 12.8 Å². The standard InChI is InChI=1S/C23H22Cl2N4O2S.ClH/c24-16-7-8-17(25)20-19(16)22(30)29(23(20)31)10-4-3-9-27-11-13-28(14-12-27)21-15-5-1-2-6-18(15)32-26-21;/h1-2,5-8H,3-4,9-14H2;1H. The van der Waals surface area contributed by atoms with Gasteiger partial charge in [0, 0.05) is 38.1 Å². The van der Waals surface area contributed by atoms with E-state index >= 15 is 0 Å². The highest BCUT2D eigenvalue weighted by Crippen LogP contribution is 2.34. The molecule has 33 heavy (non-hydrogen) atoms. The number of imide groups is 1. The number of halogens is 3. The number of piperazine rings is 1. The normalized spacial score (nSPS) is 16.4. The van der Waals surface area contributed by atoms with Gasteiger partial charge in [-0.3, -0.25) is 19.4 Å². The number of benzene rings is 2. The van der Waals surface area contributed by atoms with Crippen LogP contribution in [0.15, 0.2) is 36.4 Å². The third kappa shape index (κ3) is 4.57. The maximum atomic E-state index is 12.7. The second-order valence-corrected chi connectivity index (χ2v) is 9.70. The largest absolute Gasteiger partial charge is 0.353 e. The molecule has 0 spiro atoms. The van der Waals surface area contributed by atoms with Crippen LogP contribution in [0.1, 0.15) is 33.6 Å². The summed E-state index contributed by atoms with van der Waals surface area (Å²) in [5.41, 5.74) is 0.463. The fourth-order valence-corrected chi connectivity index (χ4v) is 5.70. The average Bonchev–Trinajstić information content (AvgIpc) is 3.34. The van der Waals surface area contributed by atoms with E-state index in [2.05, 4.69) is 32.4 Å². The van der Waals surface area contributed by atoms with Crippen LogP contribution in [0.25, 0.3) is 10.1 Å². The zero-order chi connectivity index (χ0) is 22.2. The van der Waals surface area contributed by atoms with Crippen molar-refractivity contribution in [1.82, 2.24) is 14.2 Å². The summed E-state index contributed by atoms with van der Waals surface area (Å²) >= 11 is 13.8. The average molecular weight is 526 g/mol. The SMILES string of the molecule is Cl.O=C1c2c(Cl)ccc(Cl)c2C(=O)N1CCCCN1CCN(c2nsc3ccccc23)CC1. The predicted octanol–water partition coefficient (Wildman–Crippen LogP) is 5.22.